The fraction of sp³-hybridized carbons (Fsp3) is 0.368. The van der Waals surface area contributed by atoms with Gasteiger partial charge < -0.3 is 19.3 Å². The topological polar surface area (TPSA) is 87.8 Å². The third-order valence-corrected chi connectivity index (χ3v) is 8.39. The van der Waals surface area contributed by atoms with Gasteiger partial charge in [0, 0.05) is 53.6 Å². The van der Waals surface area contributed by atoms with Gasteiger partial charge in [0.2, 0.25) is 0 Å². The molecule has 0 saturated heterocycles. The first-order chi connectivity index (χ1) is 23.0. The first-order valence-electron chi connectivity index (χ1n) is 15.9. The van der Waals surface area contributed by atoms with Crippen LogP contribution in [0.2, 0.25) is 10.0 Å². The number of halogens is 3. The molecule has 256 valence electrons. The van der Waals surface area contributed by atoms with Gasteiger partial charge in [-0.2, -0.15) is 5.26 Å². The summed E-state index contributed by atoms with van der Waals surface area (Å²) in [5.41, 5.74) is 5.07. The summed E-state index contributed by atoms with van der Waals surface area (Å²) >= 11 is 17.0. The van der Waals surface area contributed by atoms with Crippen molar-refractivity contribution in [1.29, 1.82) is 5.26 Å². The summed E-state index contributed by atoms with van der Waals surface area (Å²) in [5, 5.41) is 21.5. The minimum atomic E-state index is -0.871. The number of alkyl halides is 1. The predicted octanol–water partition coefficient (Wildman–Crippen LogP) is 9.79. The molecular weight excluding hydrogens is 713 g/mol. The lowest BCUT2D eigenvalue weighted by atomic mass is 9.96. The number of rotatable bonds is 15. The Morgan fingerprint density at radius 2 is 1.62 bits per heavy atom. The van der Waals surface area contributed by atoms with E-state index in [4.69, 9.17) is 37.4 Å². The zero-order valence-electron chi connectivity index (χ0n) is 28.4. The summed E-state index contributed by atoms with van der Waals surface area (Å²) in [5.74, 6) is 1.71. The smallest absolute Gasteiger partial charge is 0.142 e. The lowest BCUT2D eigenvalue weighted by Gasteiger charge is -2.26. The molecule has 48 heavy (non-hydrogen) atoms. The Morgan fingerprint density at radius 1 is 0.917 bits per heavy atom. The molecule has 1 N–H and O–H groups in total. The second kappa shape index (κ2) is 19.0. The van der Waals surface area contributed by atoms with Crippen molar-refractivity contribution in [2.24, 2.45) is 0 Å². The van der Waals surface area contributed by atoms with Crippen molar-refractivity contribution in [3.63, 3.8) is 0 Å². The molecule has 0 amide bonds. The zero-order valence-corrected chi connectivity index (χ0v) is 31.5. The van der Waals surface area contributed by atoms with Gasteiger partial charge in [-0.05, 0) is 69.1 Å². The molecule has 10 heteroatoms. The molecule has 0 aliphatic carbocycles. The second-order valence-electron chi connectivity index (χ2n) is 11.7. The number of ether oxygens (including phenoxy) is 3. The lowest BCUT2D eigenvalue weighted by Crippen LogP contribution is -2.35. The Morgan fingerprint density at radius 3 is 2.33 bits per heavy atom. The highest BCUT2D eigenvalue weighted by atomic mass is 79.9. The van der Waals surface area contributed by atoms with Crippen LogP contribution < -0.4 is 14.2 Å². The monoisotopic (exact) mass is 755 g/mol. The Balaban J connectivity index is 0.00000307. The van der Waals surface area contributed by atoms with Crippen molar-refractivity contribution in [3.05, 3.63) is 105 Å². The van der Waals surface area contributed by atoms with Crippen LogP contribution in [0.4, 0.5) is 0 Å². The molecule has 1 aromatic heterocycles. The Hall–Kier alpha value is -3.32. The van der Waals surface area contributed by atoms with E-state index in [1.54, 1.807) is 32.2 Å². The van der Waals surface area contributed by atoms with E-state index < -0.39 is 5.60 Å². The molecule has 4 rings (SSSR count). The maximum atomic E-state index is 10.3. The fourth-order valence-corrected chi connectivity index (χ4v) is 5.85. The molecule has 1 heterocycles. The number of aromatic nitrogens is 1. The van der Waals surface area contributed by atoms with Gasteiger partial charge in [-0.3, -0.25) is 9.88 Å². The number of nitriles is 1. The van der Waals surface area contributed by atoms with Gasteiger partial charge in [-0.25, -0.2) is 0 Å². The van der Waals surface area contributed by atoms with E-state index in [0.29, 0.717) is 52.6 Å². The molecule has 0 radical (unpaired) electrons. The van der Waals surface area contributed by atoms with E-state index in [1.807, 2.05) is 75.2 Å². The normalized spacial score (nSPS) is 11.0. The number of benzene rings is 3. The Labute approximate surface area is 303 Å². The van der Waals surface area contributed by atoms with Crippen molar-refractivity contribution < 1.29 is 19.3 Å². The number of hydrogen-bond acceptors (Lipinski definition) is 7. The van der Waals surface area contributed by atoms with E-state index in [-0.39, 0.29) is 13.2 Å². The molecule has 3 aromatic carbocycles. The maximum Gasteiger partial charge on any atom is 0.142 e. The zero-order chi connectivity index (χ0) is 35.3. The summed E-state index contributed by atoms with van der Waals surface area (Å²) < 4.78 is 18.5. The summed E-state index contributed by atoms with van der Waals surface area (Å²) in [6.45, 7) is 11.5. The van der Waals surface area contributed by atoms with E-state index in [9.17, 15) is 10.4 Å². The van der Waals surface area contributed by atoms with E-state index >= 15 is 0 Å². The number of pyridine rings is 1. The van der Waals surface area contributed by atoms with Gasteiger partial charge in [0.1, 0.15) is 36.5 Å². The van der Waals surface area contributed by atoms with E-state index in [0.717, 1.165) is 45.1 Å². The molecule has 0 aliphatic heterocycles. The Kier molecular flexibility index (Phi) is 15.5. The first-order valence-corrected chi connectivity index (χ1v) is 17.8. The van der Waals surface area contributed by atoms with Crippen LogP contribution in [-0.2, 0) is 19.8 Å². The number of hydrogen-bond donors (Lipinski definition) is 1. The largest absolute Gasteiger partial charge is 0.492 e. The van der Waals surface area contributed by atoms with Crippen LogP contribution in [0.1, 0.15) is 61.9 Å². The lowest BCUT2D eigenvalue weighted by molar-refractivity contribution is 0.0422. The molecule has 0 atom stereocenters. The van der Waals surface area contributed by atoms with E-state index in [1.165, 1.54) is 6.20 Å². The van der Waals surface area contributed by atoms with Gasteiger partial charge in [-0.1, -0.05) is 83.3 Å². The standard InChI is InChI=1S/C36H38BrCl2N3O4.C2H6/c1-24-27(8-5-9-29(24)30-10-6-11-32(35(30)39)44-13-7-12-37)22-46-34-16-33(45-21-26-14-25(17-40)18-41-19-26)28(15-31(34)38)20-42(4)23-36(2,3)43;1-2/h5-6,8-11,14-16,18-19,43H,7,12-13,20-23H2,1-4H3;1-2H3. The van der Waals surface area contributed by atoms with Crippen LogP contribution in [0.5, 0.6) is 17.2 Å². The highest BCUT2D eigenvalue weighted by Gasteiger charge is 2.19. The van der Waals surface area contributed by atoms with Crippen LogP contribution in [0.3, 0.4) is 0 Å². The summed E-state index contributed by atoms with van der Waals surface area (Å²) in [7, 11) is 1.92. The minimum absolute atomic E-state index is 0.201. The fourth-order valence-electron chi connectivity index (χ4n) is 5.09. The third kappa shape index (κ3) is 11.4. The van der Waals surface area contributed by atoms with Crippen LogP contribution in [-0.4, -0.2) is 46.1 Å². The summed E-state index contributed by atoms with van der Waals surface area (Å²) in [6, 6.07) is 19.3. The number of aliphatic hydroxyl groups is 1. The first kappa shape index (κ1) is 39.1. The molecule has 4 aromatic rings. The van der Waals surface area contributed by atoms with Gasteiger partial charge >= 0.3 is 0 Å². The van der Waals surface area contributed by atoms with Crippen molar-refractivity contribution in [3.8, 4) is 34.4 Å². The number of nitrogens with zero attached hydrogens (tertiary/aromatic N) is 3. The quantitative estimate of drug-likeness (QED) is 0.0955. The number of likely N-dealkylation sites (N-methyl/N-ethyl adjacent to an activating group) is 1. The van der Waals surface area contributed by atoms with Gasteiger partial charge in [0.25, 0.3) is 0 Å². The molecule has 0 fully saturated rings. The van der Waals surface area contributed by atoms with Crippen LogP contribution in [0, 0.1) is 18.3 Å². The summed E-state index contributed by atoms with van der Waals surface area (Å²) in [4.78, 5) is 6.13. The molecule has 0 bridgehead atoms. The minimum Gasteiger partial charge on any atom is -0.492 e. The van der Waals surface area contributed by atoms with Crippen molar-refractivity contribution in [1.82, 2.24) is 9.88 Å². The molecule has 0 unspecified atom stereocenters. The maximum absolute atomic E-state index is 10.3. The second-order valence-corrected chi connectivity index (χ2v) is 13.3. The predicted molar refractivity (Wildman–Crippen MR) is 199 cm³/mol. The molecule has 0 aliphatic rings. The van der Waals surface area contributed by atoms with Crippen LogP contribution >= 0.6 is 39.1 Å². The molecule has 7 nitrogen and oxygen atoms in total. The van der Waals surface area contributed by atoms with Gasteiger partial charge in [-0.15, -0.1) is 0 Å². The summed E-state index contributed by atoms with van der Waals surface area (Å²) in [6.07, 6.45) is 4.06. The average Bonchev–Trinajstić information content (AvgIpc) is 3.05. The molecular formula is C38H44BrCl2N3O4. The van der Waals surface area contributed by atoms with E-state index in [2.05, 4.69) is 27.0 Å². The van der Waals surface area contributed by atoms with Crippen molar-refractivity contribution in [2.75, 3.05) is 25.5 Å². The van der Waals surface area contributed by atoms with Crippen LogP contribution in [0.25, 0.3) is 11.1 Å². The highest BCUT2D eigenvalue weighted by molar-refractivity contribution is 9.09. The average molecular weight is 758 g/mol. The molecule has 0 saturated carbocycles. The van der Waals surface area contributed by atoms with Crippen molar-refractivity contribution in [2.45, 2.75) is 66.4 Å². The van der Waals surface area contributed by atoms with Crippen LogP contribution in [0.15, 0.2) is 67.0 Å². The third-order valence-electron chi connectivity index (χ3n) is 7.15. The highest BCUT2D eigenvalue weighted by Crippen LogP contribution is 2.39. The van der Waals surface area contributed by atoms with Gasteiger partial charge in [0.15, 0.2) is 0 Å². The van der Waals surface area contributed by atoms with Gasteiger partial charge in [0.05, 0.1) is 27.8 Å². The van der Waals surface area contributed by atoms with Crippen molar-refractivity contribution >= 4 is 39.1 Å². The molecule has 0 spiro atoms. The Bertz CT molecular complexity index is 1690. The SMILES string of the molecule is CC.Cc1c(COc2cc(OCc3cncc(C#N)c3)c(CN(C)CC(C)(C)O)cc2Cl)cccc1-c1cccc(OCCCBr)c1Cl.